The van der Waals surface area contributed by atoms with E-state index in [0.717, 1.165) is 19.4 Å². The molecule has 13 heavy (non-hydrogen) atoms. The van der Waals surface area contributed by atoms with Crippen LogP contribution in [0.1, 0.15) is 33.6 Å². The molecule has 0 amide bonds. The van der Waals surface area contributed by atoms with Crippen LogP contribution in [0.2, 0.25) is 0 Å². The molecular formula is C10H19NO2. The summed E-state index contributed by atoms with van der Waals surface area (Å²) in [6, 6.07) is -0.0544. The molecule has 1 aliphatic heterocycles. The number of carbonyl (C=O) groups excluding carboxylic acids is 1. The standard InChI is InChI=1S/C10H19NO2/c1-7(2)8(3)13-10(12)9-5-4-6-11-9/h7-9,11H,4-6H2,1-3H3/t8?,9-/m1/s1. The van der Waals surface area contributed by atoms with Gasteiger partial charge in [0, 0.05) is 0 Å². The zero-order valence-electron chi connectivity index (χ0n) is 8.67. The van der Waals surface area contributed by atoms with Gasteiger partial charge in [-0.3, -0.25) is 4.79 Å². The molecule has 0 saturated carbocycles. The first-order valence-corrected chi connectivity index (χ1v) is 5.05. The molecule has 1 heterocycles. The highest BCUT2D eigenvalue weighted by atomic mass is 16.5. The molecule has 3 heteroatoms. The summed E-state index contributed by atoms with van der Waals surface area (Å²) in [5.41, 5.74) is 0. The lowest BCUT2D eigenvalue weighted by atomic mass is 10.1. The van der Waals surface area contributed by atoms with Crippen molar-refractivity contribution in [2.45, 2.75) is 45.8 Å². The topological polar surface area (TPSA) is 38.3 Å². The molecule has 0 aromatic rings. The van der Waals surface area contributed by atoms with Crippen molar-refractivity contribution in [3.05, 3.63) is 0 Å². The maximum Gasteiger partial charge on any atom is 0.323 e. The molecule has 1 rings (SSSR count). The van der Waals surface area contributed by atoms with Crippen LogP contribution < -0.4 is 5.32 Å². The van der Waals surface area contributed by atoms with E-state index < -0.39 is 0 Å². The molecule has 0 bridgehead atoms. The predicted octanol–water partition coefficient (Wildman–Crippen LogP) is 1.33. The van der Waals surface area contributed by atoms with Crippen LogP contribution in [0.15, 0.2) is 0 Å². The maximum atomic E-state index is 11.5. The van der Waals surface area contributed by atoms with Crippen LogP contribution in [-0.4, -0.2) is 24.7 Å². The smallest absolute Gasteiger partial charge is 0.323 e. The quantitative estimate of drug-likeness (QED) is 0.674. The summed E-state index contributed by atoms with van der Waals surface area (Å²) >= 11 is 0. The van der Waals surface area contributed by atoms with Gasteiger partial charge in [0.25, 0.3) is 0 Å². The number of ether oxygens (including phenoxy) is 1. The highest BCUT2D eigenvalue weighted by molar-refractivity contribution is 5.76. The Bertz CT molecular complexity index is 174. The molecule has 1 fully saturated rings. The predicted molar refractivity (Wildman–Crippen MR) is 51.4 cm³/mol. The Morgan fingerprint density at radius 3 is 2.62 bits per heavy atom. The van der Waals surface area contributed by atoms with Crippen LogP contribution >= 0.6 is 0 Å². The van der Waals surface area contributed by atoms with Crippen molar-refractivity contribution < 1.29 is 9.53 Å². The second-order valence-electron chi connectivity index (χ2n) is 4.03. The number of esters is 1. The van der Waals surface area contributed by atoms with Gasteiger partial charge in [-0.25, -0.2) is 0 Å². The Kier molecular flexibility index (Phi) is 3.72. The van der Waals surface area contributed by atoms with Crippen molar-refractivity contribution >= 4 is 5.97 Å². The van der Waals surface area contributed by atoms with Gasteiger partial charge < -0.3 is 10.1 Å². The largest absolute Gasteiger partial charge is 0.461 e. The van der Waals surface area contributed by atoms with Crippen molar-refractivity contribution in [2.24, 2.45) is 5.92 Å². The minimum Gasteiger partial charge on any atom is -0.461 e. The molecule has 0 aromatic heterocycles. The third-order valence-corrected chi connectivity index (χ3v) is 2.59. The third-order valence-electron chi connectivity index (χ3n) is 2.59. The molecule has 1 aliphatic rings. The molecule has 1 N–H and O–H groups in total. The fourth-order valence-electron chi connectivity index (χ4n) is 1.29. The van der Waals surface area contributed by atoms with E-state index in [4.69, 9.17) is 4.74 Å². The van der Waals surface area contributed by atoms with Crippen LogP contribution in [0.4, 0.5) is 0 Å². The Hall–Kier alpha value is -0.570. The normalized spacial score (nSPS) is 24.8. The Labute approximate surface area is 79.8 Å². The van der Waals surface area contributed by atoms with E-state index in [1.165, 1.54) is 0 Å². The van der Waals surface area contributed by atoms with Gasteiger partial charge in [-0.1, -0.05) is 13.8 Å². The fraction of sp³-hybridized carbons (Fsp3) is 0.900. The highest BCUT2D eigenvalue weighted by Gasteiger charge is 2.25. The second-order valence-corrected chi connectivity index (χ2v) is 4.03. The number of nitrogens with one attached hydrogen (secondary N) is 1. The van der Waals surface area contributed by atoms with Crippen LogP contribution in [0.25, 0.3) is 0 Å². The summed E-state index contributed by atoms with van der Waals surface area (Å²) in [5, 5.41) is 3.13. The Morgan fingerprint density at radius 2 is 2.15 bits per heavy atom. The molecule has 3 nitrogen and oxygen atoms in total. The molecule has 0 spiro atoms. The maximum absolute atomic E-state index is 11.5. The van der Waals surface area contributed by atoms with Gasteiger partial charge in [0.2, 0.25) is 0 Å². The molecule has 1 unspecified atom stereocenters. The second kappa shape index (κ2) is 4.61. The highest BCUT2D eigenvalue weighted by Crippen LogP contribution is 2.11. The molecule has 2 atom stereocenters. The van der Waals surface area contributed by atoms with Gasteiger partial charge in [0.15, 0.2) is 0 Å². The lowest BCUT2D eigenvalue weighted by molar-refractivity contribution is -0.152. The van der Waals surface area contributed by atoms with Crippen molar-refractivity contribution in [3.8, 4) is 0 Å². The monoisotopic (exact) mass is 185 g/mol. The van der Waals surface area contributed by atoms with Crippen molar-refractivity contribution in [2.75, 3.05) is 6.54 Å². The number of carbonyl (C=O) groups is 1. The average molecular weight is 185 g/mol. The van der Waals surface area contributed by atoms with Crippen LogP contribution in [0, 0.1) is 5.92 Å². The van der Waals surface area contributed by atoms with E-state index in [2.05, 4.69) is 19.2 Å². The van der Waals surface area contributed by atoms with Crippen LogP contribution in [0.5, 0.6) is 0 Å². The van der Waals surface area contributed by atoms with Crippen molar-refractivity contribution in [1.82, 2.24) is 5.32 Å². The van der Waals surface area contributed by atoms with Gasteiger partial charge in [-0.05, 0) is 32.2 Å². The minimum absolute atomic E-state index is 0.0231. The number of hydrogen-bond acceptors (Lipinski definition) is 3. The SMILES string of the molecule is CC(C)C(C)OC(=O)[C@H]1CCCN1. The Balaban J connectivity index is 2.31. The first-order valence-electron chi connectivity index (χ1n) is 5.05. The van der Waals surface area contributed by atoms with Gasteiger partial charge >= 0.3 is 5.97 Å². The Morgan fingerprint density at radius 1 is 1.46 bits per heavy atom. The van der Waals surface area contributed by atoms with E-state index >= 15 is 0 Å². The summed E-state index contributed by atoms with van der Waals surface area (Å²) in [6.07, 6.45) is 2.02. The first kappa shape index (κ1) is 10.5. The van der Waals surface area contributed by atoms with Gasteiger partial charge in [0.05, 0.1) is 0 Å². The molecule has 76 valence electrons. The third kappa shape index (κ3) is 2.99. The number of hydrogen-bond donors (Lipinski definition) is 1. The van der Waals surface area contributed by atoms with E-state index in [0.29, 0.717) is 5.92 Å². The summed E-state index contributed by atoms with van der Waals surface area (Å²) in [4.78, 5) is 11.5. The summed E-state index contributed by atoms with van der Waals surface area (Å²) in [5.74, 6) is 0.309. The average Bonchev–Trinajstić information content (AvgIpc) is 2.55. The first-order chi connectivity index (χ1) is 6.11. The summed E-state index contributed by atoms with van der Waals surface area (Å²) in [6.45, 7) is 6.99. The van der Waals surface area contributed by atoms with Gasteiger partial charge in [-0.2, -0.15) is 0 Å². The lowest BCUT2D eigenvalue weighted by Crippen LogP contribution is -2.35. The molecule has 1 saturated heterocycles. The van der Waals surface area contributed by atoms with Crippen molar-refractivity contribution in [3.63, 3.8) is 0 Å². The summed E-state index contributed by atoms with van der Waals surface area (Å²) in [7, 11) is 0. The van der Waals surface area contributed by atoms with Crippen LogP contribution in [-0.2, 0) is 9.53 Å². The molecular weight excluding hydrogens is 166 g/mol. The van der Waals surface area contributed by atoms with Gasteiger partial charge in [0.1, 0.15) is 12.1 Å². The van der Waals surface area contributed by atoms with Gasteiger partial charge in [-0.15, -0.1) is 0 Å². The van der Waals surface area contributed by atoms with E-state index in [9.17, 15) is 4.79 Å². The van der Waals surface area contributed by atoms with E-state index in [1.54, 1.807) is 0 Å². The zero-order chi connectivity index (χ0) is 9.84. The zero-order valence-corrected chi connectivity index (χ0v) is 8.67. The minimum atomic E-state index is -0.0845. The van der Waals surface area contributed by atoms with E-state index in [-0.39, 0.29) is 18.1 Å². The molecule has 0 aliphatic carbocycles. The van der Waals surface area contributed by atoms with Crippen molar-refractivity contribution in [1.29, 1.82) is 0 Å². The fourth-order valence-corrected chi connectivity index (χ4v) is 1.29. The lowest BCUT2D eigenvalue weighted by Gasteiger charge is -2.19. The van der Waals surface area contributed by atoms with Crippen LogP contribution in [0.3, 0.4) is 0 Å². The summed E-state index contributed by atoms with van der Waals surface area (Å²) < 4.78 is 5.29. The number of rotatable bonds is 3. The van der Waals surface area contributed by atoms with E-state index in [1.807, 2.05) is 6.92 Å². The molecule has 0 aromatic carbocycles. The molecule has 0 radical (unpaired) electrons.